The Bertz CT molecular complexity index is 802. The van der Waals surface area contributed by atoms with Crippen molar-refractivity contribution in [2.45, 2.75) is 51.5 Å². The minimum atomic E-state index is 0.454. The molecular formula is C25H37N5. The molecule has 0 spiro atoms. The van der Waals surface area contributed by atoms with Gasteiger partial charge in [-0.2, -0.15) is 0 Å². The molecule has 2 atom stereocenters. The molecule has 0 radical (unpaired) electrons. The average Bonchev–Trinajstić information content (AvgIpc) is 2.74. The molecule has 2 unspecified atom stereocenters. The van der Waals surface area contributed by atoms with E-state index in [1.807, 2.05) is 7.05 Å². The first-order valence-corrected chi connectivity index (χ1v) is 11.0. The SMILES string of the molecule is CN=C(NCc1ccccc1CN(C)C)NC1CCN(Cc2ccccc2)C(C)C1. The number of piperidine rings is 1. The van der Waals surface area contributed by atoms with Gasteiger partial charge in [0, 0.05) is 45.3 Å². The largest absolute Gasteiger partial charge is 0.354 e. The van der Waals surface area contributed by atoms with Crippen LogP contribution in [-0.2, 0) is 19.6 Å². The van der Waals surface area contributed by atoms with Crippen LogP contribution in [0, 0.1) is 0 Å². The lowest BCUT2D eigenvalue weighted by Crippen LogP contribution is -2.51. The molecule has 5 heteroatoms. The van der Waals surface area contributed by atoms with Crippen LogP contribution in [0.2, 0.25) is 0 Å². The predicted octanol–water partition coefficient (Wildman–Crippen LogP) is 3.47. The molecule has 3 rings (SSSR count). The Balaban J connectivity index is 1.50. The topological polar surface area (TPSA) is 42.9 Å². The third kappa shape index (κ3) is 6.57. The van der Waals surface area contributed by atoms with Crippen molar-refractivity contribution < 1.29 is 0 Å². The van der Waals surface area contributed by atoms with Crippen molar-refractivity contribution in [3.05, 3.63) is 71.3 Å². The van der Waals surface area contributed by atoms with Crippen LogP contribution in [0.1, 0.15) is 36.5 Å². The number of hydrogen-bond acceptors (Lipinski definition) is 3. The average molecular weight is 408 g/mol. The van der Waals surface area contributed by atoms with E-state index in [2.05, 4.69) is 101 Å². The summed E-state index contributed by atoms with van der Waals surface area (Å²) in [5.74, 6) is 0.892. The van der Waals surface area contributed by atoms with Crippen molar-refractivity contribution in [1.29, 1.82) is 0 Å². The number of guanidine groups is 1. The van der Waals surface area contributed by atoms with E-state index in [1.54, 1.807) is 0 Å². The van der Waals surface area contributed by atoms with E-state index in [4.69, 9.17) is 0 Å². The number of nitrogens with zero attached hydrogens (tertiary/aromatic N) is 3. The van der Waals surface area contributed by atoms with E-state index in [1.165, 1.54) is 16.7 Å². The lowest BCUT2D eigenvalue weighted by Gasteiger charge is -2.38. The van der Waals surface area contributed by atoms with Gasteiger partial charge in [0.25, 0.3) is 0 Å². The summed E-state index contributed by atoms with van der Waals surface area (Å²) in [7, 11) is 6.07. The van der Waals surface area contributed by atoms with E-state index in [-0.39, 0.29) is 0 Å². The standard InChI is InChI=1S/C25H37N5/c1-20-16-24(14-15-30(20)18-21-10-6-5-7-11-21)28-25(26-2)27-17-22-12-8-9-13-23(22)19-29(3)4/h5-13,20,24H,14-19H2,1-4H3,(H2,26,27,28). The summed E-state index contributed by atoms with van der Waals surface area (Å²) in [4.78, 5) is 9.26. The summed E-state index contributed by atoms with van der Waals surface area (Å²) in [5, 5.41) is 7.17. The zero-order valence-corrected chi connectivity index (χ0v) is 18.9. The van der Waals surface area contributed by atoms with Crippen molar-refractivity contribution >= 4 is 5.96 Å². The molecule has 162 valence electrons. The number of benzene rings is 2. The highest BCUT2D eigenvalue weighted by Crippen LogP contribution is 2.20. The van der Waals surface area contributed by atoms with E-state index < -0.39 is 0 Å². The van der Waals surface area contributed by atoms with Gasteiger partial charge in [0.1, 0.15) is 0 Å². The Morgan fingerprint density at radius 3 is 2.43 bits per heavy atom. The quantitative estimate of drug-likeness (QED) is 0.545. The molecule has 30 heavy (non-hydrogen) atoms. The Kier molecular flexibility index (Phi) is 8.29. The van der Waals surface area contributed by atoms with Gasteiger partial charge in [0.05, 0.1) is 0 Å². The van der Waals surface area contributed by atoms with Crippen LogP contribution in [0.4, 0.5) is 0 Å². The third-order valence-corrected chi connectivity index (χ3v) is 5.86. The van der Waals surface area contributed by atoms with Gasteiger partial charge >= 0.3 is 0 Å². The molecule has 0 aromatic heterocycles. The first kappa shape index (κ1) is 22.3. The van der Waals surface area contributed by atoms with Crippen molar-refractivity contribution in [3.8, 4) is 0 Å². The summed E-state index contributed by atoms with van der Waals surface area (Å²) in [6, 6.07) is 20.4. The van der Waals surface area contributed by atoms with Crippen LogP contribution < -0.4 is 10.6 Å². The lowest BCUT2D eigenvalue weighted by molar-refractivity contribution is 0.134. The Morgan fingerprint density at radius 2 is 1.77 bits per heavy atom. The smallest absolute Gasteiger partial charge is 0.191 e. The minimum Gasteiger partial charge on any atom is -0.354 e. The van der Waals surface area contributed by atoms with E-state index in [0.717, 1.165) is 45.0 Å². The van der Waals surface area contributed by atoms with Crippen LogP contribution >= 0.6 is 0 Å². The van der Waals surface area contributed by atoms with Crippen LogP contribution in [-0.4, -0.2) is 55.5 Å². The van der Waals surface area contributed by atoms with Gasteiger partial charge in [-0.1, -0.05) is 54.6 Å². The first-order chi connectivity index (χ1) is 14.5. The maximum atomic E-state index is 4.47. The molecule has 0 aliphatic carbocycles. The van der Waals surface area contributed by atoms with Gasteiger partial charge in [-0.25, -0.2) is 0 Å². The van der Waals surface area contributed by atoms with Gasteiger partial charge in [-0.3, -0.25) is 9.89 Å². The zero-order valence-electron chi connectivity index (χ0n) is 18.9. The third-order valence-electron chi connectivity index (χ3n) is 5.86. The fourth-order valence-electron chi connectivity index (χ4n) is 4.20. The molecule has 0 amide bonds. The number of rotatable bonds is 7. The highest BCUT2D eigenvalue weighted by Gasteiger charge is 2.26. The first-order valence-electron chi connectivity index (χ1n) is 11.0. The van der Waals surface area contributed by atoms with Crippen LogP contribution in [0.5, 0.6) is 0 Å². The van der Waals surface area contributed by atoms with Crippen molar-refractivity contribution in [2.75, 3.05) is 27.7 Å². The fraction of sp³-hybridized carbons (Fsp3) is 0.480. The number of nitrogens with one attached hydrogen (secondary N) is 2. The number of hydrogen-bond donors (Lipinski definition) is 2. The zero-order chi connectivity index (χ0) is 21.3. The Hall–Kier alpha value is -2.37. The molecule has 1 aliphatic rings. The van der Waals surface area contributed by atoms with Gasteiger partial charge in [-0.05, 0) is 50.6 Å². The molecule has 1 heterocycles. The summed E-state index contributed by atoms with van der Waals surface area (Å²) in [6.45, 7) is 6.21. The minimum absolute atomic E-state index is 0.454. The fourth-order valence-corrected chi connectivity index (χ4v) is 4.20. The van der Waals surface area contributed by atoms with Crippen molar-refractivity contribution in [2.24, 2.45) is 4.99 Å². The Labute approximate surface area is 182 Å². The molecule has 2 N–H and O–H groups in total. The highest BCUT2D eigenvalue weighted by atomic mass is 15.2. The normalized spacial score (nSPS) is 20.4. The van der Waals surface area contributed by atoms with Crippen LogP contribution in [0.15, 0.2) is 59.6 Å². The lowest BCUT2D eigenvalue weighted by atomic mass is 9.97. The molecule has 0 bridgehead atoms. The summed E-state index contributed by atoms with van der Waals surface area (Å²) >= 11 is 0. The van der Waals surface area contributed by atoms with Gasteiger partial charge in [0.2, 0.25) is 0 Å². The highest BCUT2D eigenvalue weighted by molar-refractivity contribution is 5.80. The van der Waals surface area contributed by atoms with Crippen LogP contribution in [0.25, 0.3) is 0 Å². The second kappa shape index (κ2) is 11.1. The maximum Gasteiger partial charge on any atom is 0.191 e. The number of aliphatic imine (C=N–C) groups is 1. The molecule has 5 nitrogen and oxygen atoms in total. The van der Waals surface area contributed by atoms with E-state index >= 15 is 0 Å². The van der Waals surface area contributed by atoms with Crippen LogP contribution in [0.3, 0.4) is 0 Å². The Morgan fingerprint density at radius 1 is 1.07 bits per heavy atom. The number of likely N-dealkylation sites (tertiary alicyclic amines) is 1. The van der Waals surface area contributed by atoms with Gasteiger partial charge in [0.15, 0.2) is 5.96 Å². The monoisotopic (exact) mass is 407 g/mol. The predicted molar refractivity (Wildman–Crippen MR) is 127 cm³/mol. The molecule has 1 saturated heterocycles. The van der Waals surface area contributed by atoms with E-state index in [0.29, 0.717) is 12.1 Å². The molecule has 1 aliphatic heterocycles. The molecule has 2 aromatic carbocycles. The summed E-state index contributed by atoms with van der Waals surface area (Å²) in [6.07, 6.45) is 2.26. The second-order valence-electron chi connectivity index (χ2n) is 8.60. The van der Waals surface area contributed by atoms with Gasteiger partial charge in [-0.15, -0.1) is 0 Å². The molecule has 1 fully saturated rings. The van der Waals surface area contributed by atoms with Crippen molar-refractivity contribution in [3.63, 3.8) is 0 Å². The summed E-state index contributed by atoms with van der Waals surface area (Å²) in [5.41, 5.74) is 4.07. The second-order valence-corrected chi connectivity index (χ2v) is 8.60. The van der Waals surface area contributed by atoms with Gasteiger partial charge < -0.3 is 15.5 Å². The molecule has 2 aromatic rings. The molecule has 0 saturated carbocycles. The summed E-state index contributed by atoms with van der Waals surface area (Å²) < 4.78 is 0. The maximum absolute atomic E-state index is 4.47. The molecular weight excluding hydrogens is 370 g/mol. The van der Waals surface area contributed by atoms with Crippen molar-refractivity contribution in [1.82, 2.24) is 20.4 Å². The van der Waals surface area contributed by atoms with E-state index in [9.17, 15) is 0 Å².